The Bertz CT molecular complexity index is 373. The van der Waals surface area contributed by atoms with Crippen LogP contribution >= 0.6 is 0 Å². The Labute approximate surface area is 108 Å². The van der Waals surface area contributed by atoms with Gasteiger partial charge in [-0.25, -0.2) is 0 Å². The van der Waals surface area contributed by atoms with Crippen LogP contribution in [0.5, 0.6) is 5.75 Å². The van der Waals surface area contributed by atoms with Crippen LogP contribution < -0.4 is 9.64 Å². The van der Waals surface area contributed by atoms with Crippen LogP contribution in [0.2, 0.25) is 0 Å². The Balaban J connectivity index is 2.76. The van der Waals surface area contributed by atoms with Crippen molar-refractivity contribution in [2.75, 3.05) is 25.1 Å². The van der Waals surface area contributed by atoms with E-state index >= 15 is 0 Å². The van der Waals surface area contributed by atoms with Gasteiger partial charge in [0.25, 0.3) is 0 Å². The quantitative estimate of drug-likeness (QED) is 0.809. The van der Waals surface area contributed by atoms with Crippen molar-refractivity contribution in [3.05, 3.63) is 24.3 Å². The normalized spacial score (nSPS) is 10.4. The number of nitrogens with zero attached hydrogens (tertiary/aromatic N) is 1. The van der Waals surface area contributed by atoms with Crippen LogP contribution in [-0.4, -0.2) is 31.3 Å². The van der Waals surface area contributed by atoms with Crippen LogP contribution in [0.25, 0.3) is 0 Å². The summed E-state index contributed by atoms with van der Waals surface area (Å²) in [5.74, 6) is 0.527. The number of aliphatic carboxylic acids is 1. The highest BCUT2D eigenvalue weighted by Crippen LogP contribution is 2.20. The molecule has 0 aromatic heterocycles. The molecule has 1 rings (SSSR count). The Kier molecular flexibility index (Phi) is 5.49. The summed E-state index contributed by atoms with van der Waals surface area (Å²) in [6.45, 7) is 5.62. The molecule has 0 aliphatic heterocycles. The maximum Gasteiger partial charge on any atom is 0.305 e. The fraction of sp³-hybridized carbons (Fsp3) is 0.500. The molecule has 0 bridgehead atoms. The van der Waals surface area contributed by atoms with Gasteiger partial charge >= 0.3 is 5.97 Å². The Morgan fingerprint density at radius 3 is 2.39 bits per heavy atom. The summed E-state index contributed by atoms with van der Waals surface area (Å²) in [7, 11) is 1.63. The molecule has 0 aliphatic carbocycles. The fourth-order valence-electron chi connectivity index (χ4n) is 1.79. The minimum absolute atomic E-state index is 0.152. The zero-order chi connectivity index (χ0) is 13.5. The standard InChI is InChI=1S/C14H21NO3/c1-11(2)10-15(9-8-14(16)17)12-4-6-13(18-3)7-5-12/h4-7,11H,8-10H2,1-3H3,(H,16,17). The van der Waals surface area contributed by atoms with Crippen molar-refractivity contribution in [1.82, 2.24) is 0 Å². The van der Waals surface area contributed by atoms with Gasteiger partial charge in [0.1, 0.15) is 5.75 Å². The minimum atomic E-state index is -0.766. The van der Waals surface area contributed by atoms with Crippen molar-refractivity contribution >= 4 is 11.7 Å². The highest BCUT2D eigenvalue weighted by Gasteiger charge is 2.10. The van der Waals surface area contributed by atoms with E-state index in [9.17, 15) is 4.79 Å². The number of hydrogen-bond donors (Lipinski definition) is 1. The first-order valence-electron chi connectivity index (χ1n) is 6.13. The molecule has 0 heterocycles. The van der Waals surface area contributed by atoms with Crippen LogP contribution in [0.4, 0.5) is 5.69 Å². The third-order valence-electron chi connectivity index (χ3n) is 2.62. The lowest BCUT2D eigenvalue weighted by atomic mass is 10.1. The smallest absolute Gasteiger partial charge is 0.305 e. The summed E-state index contributed by atoms with van der Waals surface area (Å²) >= 11 is 0. The number of methoxy groups -OCH3 is 1. The van der Waals surface area contributed by atoms with Crippen molar-refractivity contribution in [2.24, 2.45) is 5.92 Å². The predicted molar refractivity (Wildman–Crippen MR) is 72.3 cm³/mol. The molecular weight excluding hydrogens is 230 g/mol. The Morgan fingerprint density at radius 2 is 1.94 bits per heavy atom. The van der Waals surface area contributed by atoms with Gasteiger partial charge in [0, 0.05) is 18.8 Å². The van der Waals surface area contributed by atoms with Gasteiger partial charge in [-0.3, -0.25) is 4.79 Å². The number of ether oxygens (including phenoxy) is 1. The van der Waals surface area contributed by atoms with Gasteiger partial charge in [-0.2, -0.15) is 0 Å². The average molecular weight is 251 g/mol. The van der Waals surface area contributed by atoms with Gasteiger partial charge in [0.05, 0.1) is 13.5 Å². The monoisotopic (exact) mass is 251 g/mol. The third-order valence-corrected chi connectivity index (χ3v) is 2.62. The van der Waals surface area contributed by atoms with E-state index in [0.29, 0.717) is 12.5 Å². The molecule has 0 radical (unpaired) electrons. The van der Waals surface area contributed by atoms with Gasteiger partial charge < -0.3 is 14.7 Å². The van der Waals surface area contributed by atoms with Crippen molar-refractivity contribution in [3.8, 4) is 5.75 Å². The zero-order valence-electron chi connectivity index (χ0n) is 11.2. The maximum absolute atomic E-state index is 10.7. The Hall–Kier alpha value is -1.71. The van der Waals surface area contributed by atoms with Crippen LogP contribution in [0.1, 0.15) is 20.3 Å². The summed E-state index contributed by atoms with van der Waals surface area (Å²) < 4.78 is 5.12. The van der Waals surface area contributed by atoms with Gasteiger partial charge in [-0.05, 0) is 30.2 Å². The summed E-state index contributed by atoms with van der Waals surface area (Å²) in [5, 5.41) is 8.78. The molecule has 4 heteroatoms. The highest BCUT2D eigenvalue weighted by atomic mass is 16.5. The first-order valence-corrected chi connectivity index (χ1v) is 6.13. The van der Waals surface area contributed by atoms with E-state index in [2.05, 4.69) is 18.7 Å². The fourth-order valence-corrected chi connectivity index (χ4v) is 1.79. The molecule has 0 saturated carbocycles. The SMILES string of the molecule is COc1ccc(N(CCC(=O)O)CC(C)C)cc1. The predicted octanol–water partition coefficient (Wildman–Crippen LogP) is 2.63. The largest absolute Gasteiger partial charge is 0.497 e. The van der Waals surface area contributed by atoms with Crippen molar-refractivity contribution in [2.45, 2.75) is 20.3 Å². The van der Waals surface area contributed by atoms with Gasteiger partial charge in [-0.15, -0.1) is 0 Å². The molecule has 0 spiro atoms. The lowest BCUT2D eigenvalue weighted by Gasteiger charge is -2.26. The Morgan fingerprint density at radius 1 is 1.33 bits per heavy atom. The number of carboxylic acids is 1. The van der Waals surface area contributed by atoms with Crippen molar-refractivity contribution in [1.29, 1.82) is 0 Å². The lowest BCUT2D eigenvalue weighted by molar-refractivity contribution is -0.136. The number of anilines is 1. The topological polar surface area (TPSA) is 49.8 Å². The minimum Gasteiger partial charge on any atom is -0.497 e. The second kappa shape index (κ2) is 6.89. The highest BCUT2D eigenvalue weighted by molar-refractivity contribution is 5.67. The summed E-state index contributed by atoms with van der Waals surface area (Å²) in [5.41, 5.74) is 1.03. The molecule has 4 nitrogen and oxygen atoms in total. The van der Waals surface area contributed by atoms with E-state index in [1.165, 1.54) is 0 Å². The first-order chi connectivity index (χ1) is 8.52. The molecule has 0 saturated heterocycles. The van der Waals surface area contributed by atoms with E-state index in [-0.39, 0.29) is 6.42 Å². The third kappa shape index (κ3) is 4.65. The van der Waals surface area contributed by atoms with E-state index in [4.69, 9.17) is 9.84 Å². The molecule has 1 N–H and O–H groups in total. The molecule has 1 aromatic rings. The molecule has 100 valence electrons. The summed E-state index contributed by atoms with van der Waals surface area (Å²) in [6, 6.07) is 7.71. The number of benzene rings is 1. The molecule has 1 aromatic carbocycles. The number of carboxylic acid groups (broad SMARTS) is 1. The molecule has 0 atom stereocenters. The zero-order valence-corrected chi connectivity index (χ0v) is 11.2. The van der Waals surface area contributed by atoms with E-state index in [1.54, 1.807) is 7.11 Å². The summed E-state index contributed by atoms with van der Waals surface area (Å²) in [6.07, 6.45) is 0.152. The molecule has 0 aliphatic rings. The molecule has 0 fully saturated rings. The van der Waals surface area contributed by atoms with E-state index in [0.717, 1.165) is 18.0 Å². The van der Waals surface area contributed by atoms with Crippen molar-refractivity contribution in [3.63, 3.8) is 0 Å². The second-order valence-electron chi connectivity index (χ2n) is 4.68. The van der Waals surface area contributed by atoms with Gasteiger partial charge in [-0.1, -0.05) is 13.8 Å². The molecular formula is C14H21NO3. The maximum atomic E-state index is 10.7. The molecule has 0 amide bonds. The van der Waals surface area contributed by atoms with Gasteiger partial charge in [0.15, 0.2) is 0 Å². The van der Waals surface area contributed by atoms with Gasteiger partial charge in [0.2, 0.25) is 0 Å². The number of hydrogen-bond acceptors (Lipinski definition) is 3. The van der Waals surface area contributed by atoms with Crippen LogP contribution in [0.3, 0.4) is 0 Å². The van der Waals surface area contributed by atoms with Crippen molar-refractivity contribution < 1.29 is 14.6 Å². The van der Waals surface area contributed by atoms with E-state index in [1.807, 2.05) is 24.3 Å². The van der Waals surface area contributed by atoms with Crippen LogP contribution in [0.15, 0.2) is 24.3 Å². The van der Waals surface area contributed by atoms with Crippen LogP contribution in [0, 0.1) is 5.92 Å². The van der Waals surface area contributed by atoms with Crippen LogP contribution in [-0.2, 0) is 4.79 Å². The lowest BCUT2D eigenvalue weighted by Crippen LogP contribution is -2.29. The molecule has 18 heavy (non-hydrogen) atoms. The average Bonchev–Trinajstić information content (AvgIpc) is 2.34. The van der Waals surface area contributed by atoms with E-state index < -0.39 is 5.97 Å². The number of carbonyl (C=O) groups is 1. The molecule has 0 unspecified atom stereocenters. The summed E-state index contributed by atoms with van der Waals surface area (Å²) in [4.78, 5) is 12.8. The second-order valence-corrected chi connectivity index (χ2v) is 4.68. The first kappa shape index (κ1) is 14.4. The number of rotatable bonds is 7.